The molecule has 3 aliphatic heterocycles. The van der Waals surface area contributed by atoms with Crippen molar-refractivity contribution >= 4 is 5.91 Å². The van der Waals surface area contributed by atoms with Crippen LogP contribution in [0.25, 0.3) is 0 Å². The summed E-state index contributed by atoms with van der Waals surface area (Å²) in [6.07, 6.45) is 35.5. The van der Waals surface area contributed by atoms with Gasteiger partial charge in [-0.2, -0.15) is 0 Å². The lowest BCUT2D eigenvalue weighted by molar-refractivity contribution is -0.379. The Balaban J connectivity index is 1.44. The highest BCUT2D eigenvalue weighted by molar-refractivity contribution is 5.76. The van der Waals surface area contributed by atoms with Crippen molar-refractivity contribution in [2.24, 2.45) is 0 Å². The SMILES string of the molecule is CCCCCCCCCC/C=C\CCCCCCCCCCCCCC(=O)NC(COC1OC(CO)C(OC2OC(CO)C(OC3OC(CO)C(O)C(O)C3O)C(O)C2O)C(O)C1O)C(O)/C=C/CC/C=C/CCCCCCCCCCCCCCCCCC. The molecule has 12 N–H and O–H groups in total. The summed E-state index contributed by atoms with van der Waals surface area (Å²) in [4.78, 5) is 13.4. The molecule has 0 aromatic heterocycles. The number of ether oxygens (including phenoxy) is 6. The number of aliphatic hydroxyl groups is 11. The van der Waals surface area contributed by atoms with E-state index in [9.17, 15) is 61.0 Å². The molecule has 3 fully saturated rings. The predicted octanol–water partition coefficient (Wildman–Crippen LogP) is 10.00. The summed E-state index contributed by atoms with van der Waals surface area (Å²) in [7, 11) is 0. The van der Waals surface area contributed by atoms with Crippen molar-refractivity contribution in [3.05, 3.63) is 36.5 Å². The maximum atomic E-state index is 13.4. The molecule has 0 aromatic rings. The molecule has 3 rings (SSSR count). The molecule has 0 saturated carbocycles. The van der Waals surface area contributed by atoms with Crippen molar-refractivity contribution in [2.45, 2.75) is 381 Å². The van der Waals surface area contributed by atoms with E-state index in [4.69, 9.17) is 28.4 Å². The van der Waals surface area contributed by atoms with E-state index in [0.29, 0.717) is 12.8 Å². The van der Waals surface area contributed by atoms with E-state index < -0.39 is 124 Å². The van der Waals surface area contributed by atoms with Crippen molar-refractivity contribution < 1.29 is 89.4 Å². The topological polar surface area (TPSA) is 307 Å². The fourth-order valence-corrected chi connectivity index (χ4v) is 12.3. The fraction of sp³-hybridized carbons (Fsp3) is 0.901. The third-order valence-corrected chi connectivity index (χ3v) is 18.2. The molecule has 0 bridgehead atoms. The Kier molecular flexibility index (Phi) is 48.6. The van der Waals surface area contributed by atoms with Gasteiger partial charge < -0.3 is 89.9 Å². The molecule has 17 atom stereocenters. The molecule has 19 nitrogen and oxygen atoms in total. The van der Waals surface area contributed by atoms with Crippen LogP contribution in [-0.4, -0.2) is 193 Å². The molecule has 19 heteroatoms. The third-order valence-electron chi connectivity index (χ3n) is 18.2. The van der Waals surface area contributed by atoms with E-state index in [0.717, 1.165) is 38.5 Å². The Morgan fingerprint density at radius 2 is 0.711 bits per heavy atom. The molecular weight excluding hydrogens is 1150 g/mol. The van der Waals surface area contributed by atoms with Crippen molar-refractivity contribution in [1.82, 2.24) is 5.32 Å². The molecule has 1 amide bonds. The molecule has 0 aliphatic carbocycles. The van der Waals surface area contributed by atoms with Gasteiger partial charge in [0.05, 0.1) is 38.6 Å². The maximum Gasteiger partial charge on any atom is 0.220 e. The van der Waals surface area contributed by atoms with Crippen LogP contribution < -0.4 is 5.32 Å². The zero-order chi connectivity index (χ0) is 65.4. The summed E-state index contributed by atoms with van der Waals surface area (Å²) in [5.41, 5.74) is 0. The second kappa shape index (κ2) is 53.2. The number of aliphatic hydroxyl groups excluding tert-OH is 11. The first kappa shape index (κ1) is 82.2. The summed E-state index contributed by atoms with van der Waals surface area (Å²) in [5, 5.41) is 121. The average Bonchev–Trinajstić information content (AvgIpc) is 0.865. The Hall–Kier alpha value is -1.99. The second-order valence-electron chi connectivity index (χ2n) is 26.0. The van der Waals surface area contributed by atoms with Crippen molar-refractivity contribution in [3.63, 3.8) is 0 Å². The van der Waals surface area contributed by atoms with E-state index in [2.05, 4.69) is 43.5 Å². The summed E-state index contributed by atoms with van der Waals surface area (Å²) in [6, 6.07) is -0.990. The van der Waals surface area contributed by atoms with Crippen LogP contribution in [-0.2, 0) is 33.2 Å². The zero-order valence-corrected chi connectivity index (χ0v) is 55.9. The van der Waals surface area contributed by atoms with Gasteiger partial charge in [-0.1, -0.05) is 249 Å². The number of nitrogens with one attached hydrogen (secondary N) is 1. The molecule has 3 heterocycles. The van der Waals surface area contributed by atoms with Crippen molar-refractivity contribution in [3.8, 4) is 0 Å². The number of carbonyl (C=O) groups is 1. The number of hydrogen-bond donors (Lipinski definition) is 12. The van der Waals surface area contributed by atoms with Gasteiger partial charge in [0.2, 0.25) is 5.91 Å². The second-order valence-corrected chi connectivity index (χ2v) is 26.0. The van der Waals surface area contributed by atoms with Crippen LogP contribution in [0.5, 0.6) is 0 Å². The van der Waals surface area contributed by atoms with Gasteiger partial charge in [0.25, 0.3) is 0 Å². The summed E-state index contributed by atoms with van der Waals surface area (Å²) in [6.45, 7) is 1.75. The van der Waals surface area contributed by atoms with Crippen LogP contribution in [0.1, 0.15) is 277 Å². The van der Waals surface area contributed by atoms with Gasteiger partial charge in [0.1, 0.15) is 73.2 Å². The van der Waals surface area contributed by atoms with Gasteiger partial charge in [-0.05, 0) is 57.8 Å². The van der Waals surface area contributed by atoms with Crippen LogP contribution in [0.15, 0.2) is 36.5 Å². The van der Waals surface area contributed by atoms with Gasteiger partial charge in [0, 0.05) is 6.42 Å². The number of amides is 1. The highest BCUT2D eigenvalue weighted by Gasteiger charge is 2.53. The number of rotatable bonds is 56. The lowest BCUT2D eigenvalue weighted by atomic mass is 9.96. The minimum atomic E-state index is -1.98. The number of carbonyl (C=O) groups excluding carboxylic acids is 1. The smallest absolute Gasteiger partial charge is 0.220 e. The summed E-state index contributed by atoms with van der Waals surface area (Å²) >= 11 is 0. The zero-order valence-electron chi connectivity index (χ0n) is 55.9. The third kappa shape index (κ3) is 34.6. The van der Waals surface area contributed by atoms with Gasteiger partial charge in [-0.15, -0.1) is 0 Å². The Bertz CT molecular complexity index is 1780. The van der Waals surface area contributed by atoms with Gasteiger partial charge in [0.15, 0.2) is 18.9 Å². The number of unbranched alkanes of at least 4 members (excludes halogenated alkanes) is 36. The summed E-state index contributed by atoms with van der Waals surface area (Å²) in [5.74, 6) is -0.283. The van der Waals surface area contributed by atoms with Gasteiger partial charge >= 0.3 is 0 Å². The van der Waals surface area contributed by atoms with Crippen LogP contribution >= 0.6 is 0 Å². The monoisotopic (exact) mass is 1290 g/mol. The van der Waals surface area contributed by atoms with Crippen molar-refractivity contribution in [1.29, 1.82) is 0 Å². The number of hydrogen-bond acceptors (Lipinski definition) is 18. The van der Waals surface area contributed by atoms with Crippen LogP contribution in [0.4, 0.5) is 0 Å². The largest absolute Gasteiger partial charge is 0.394 e. The first-order valence-electron chi connectivity index (χ1n) is 36.2. The predicted molar refractivity (Wildman–Crippen MR) is 351 cm³/mol. The molecule has 0 radical (unpaired) electrons. The maximum absolute atomic E-state index is 13.4. The standard InChI is InChI=1S/C71H131NO18/c1-3-5-7-9-11-13-15-17-19-21-23-25-27-29-31-33-35-37-39-41-43-45-47-49-59(77)72-54(55(76)48-46-44-42-40-38-36-34-32-30-28-26-24-22-20-18-16-14-12-10-8-6-4-2)53-85-69-65(83)62(80)67(57(51-74)87-69)90-71-66(84)63(81)68(58(52-75)88-71)89-70-64(82)61(79)60(78)56(50-73)86-70/h21,23,38,40,46,48,54-58,60-71,73-76,78-84H,3-20,22,24-37,39,41-45,47,49-53H2,1-2H3,(H,72,77)/b23-21-,40-38+,48-46+. The van der Waals surface area contributed by atoms with E-state index in [-0.39, 0.29) is 18.9 Å². The van der Waals surface area contributed by atoms with Crippen LogP contribution in [0.3, 0.4) is 0 Å². The van der Waals surface area contributed by atoms with Crippen molar-refractivity contribution in [2.75, 3.05) is 26.4 Å². The normalized spacial score (nSPS) is 28.2. The molecule has 3 saturated heterocycles. The highest BCUT2D eigenvalue weighted by atomic mass is 16.8. The molecule has 90 heavy (non-hydrogen) atoms. The van der Waals surface area contributed by atoms with E-state index >= 15 is 0 Å². The van der Waals surface area contributed by atoms with Crippen LogP contribution in [0.2, 0.25) is 0 Å². The summed E-state index contributed by atoms with van der Waals surface area (Å²) < 4.78 is 34.4. The first-order chi connectivity index (χ1) is 43.8. The minimum absolute atomic E-state index is 0.236. The lowest BCUT2D eigenvalue weighted by Crippen LogP contribution is -2.66. The molecule has 528 valence electrons. The van der Waals surface area contributed by atoms with Crippen LogP contribution in [0, 0.1) is 0 Å². The van der Waals surface area contributed by atoms with Gasteiger partial charge in [-0.25, -0.2) is 0 Å². The fourth-order valence-electron chi connectivity index (χ4n) is 12.3. The highest BCUT2D eigenvalue weighted by Crippen LogP contribution is 2.33. The Morgan fingerprint density at radius 1 is 0.389 bits per heavy atom. The molecule has 17 unspecified atom stereocenters. The Morgan fingerprint density at radius 3 is 1.11 bits per heavy atom. The van der Waals surface area contributed by atoms with E-state index in [1.54, 1.807) is 6.08 Å². The van der Waals surface area contributed by atoms with E-state index in [1.165, 1.54) is 205 Å². The lowest BCUT2D eigenvalue weighted by Gasteiger charge is -2.48. The van der Waals surface area contributed by atoms with E-state index in [1.807, 2.05) is 6.08 Å². The average molecular weight is 1290 g/mol. The molecule has 0 aromatic carbocycles. The minimum Gasteiger partial charge on any atom is -0.394 e. The Labute approximate surface area is 542 Å². The molecule has 3 aliphatic rings. The first-order valence-corrected chi connectivity index (χ1v) is 36.2. The quantitative estimate of drug-likeness (QED) is 0.0199. The molecule has 0 spiro atoms. The number of allylic oxidation sites excluding steroid dienone is 5. The molecular formula is C71H131NO18. The van der Waals surface area contributed by atoms with Gasteiger partial charge in [-0.3, -0.25) is 4.79 Å².